The molecular weight excluding hydrogens is 160 g/mol. The second kappa shape index (κ2) is 2.76. The zero-order valence-electron chi connectivity index (χ0n) is 7.70. The Morgan fingerprint density at radius 3 is 3.15 bits per heavy atom. The molecule has 1 saturated heterocycles. The van der Waals surface area contributed by atoms with Gasteiger partial charge in [-0.25, -0.2) is 0 Å². The van der Waals surface area contributed by atoms with Crippen LogP contribution >= 0.6 is 0 Å². The second-order valence-corrected chi connectivity index (χ2v) is 4.08. The van der Waals surface area contributed by atoms with Crippen LogP contribution in [0.2, 0.25) is 0 Å². The summed E-state index contributed by atoms with van der Waals surface area (Å²) in [5.41, 5.74) is 1.45. The summed E-state index contributed by atoms with van der Waals surface area (Å²) in [6.07, 6.45) is 12.7. The Morgan fingerprint density at radius 1 is 1.15 bits per heavy atom. The van der Waals surface area contributed by atoms with E-state index in [0.29, 0.717) is 5.92 Å². The molecule has 0 amide bonds. The van der Waals surface area contributed by atoms with Crippen molar-refractivity contribution in [2.24, 2.45) is 11.8 Å². The SMILES string of the molecule is C1=CC2=C3OCCC3CCC2C=C1. The predicted molar refractivity (Wildman–Crippen MR) is 52.1 cm³/mol. The Bertz CT molecular complexity index is 309. The van der Waals surface area contributed by atoms with Crippen molar-refractivity contribution < 1.29 is 4.74 Å². The van der Waals surface area contributed by atoms with Crippen molar-refractivity contribution in [2.75, 3.05) is 6.61 Å². The van der Waals surface area contributed by atoms with Crippen LogP contribution in [0.3, 0.4) is 0 Å². The first kappa shape index (κ1) is 7.43. The second-order valence-electron chi connectivity index (χ2n) is 4.08. The van der Waals surface area contributed by atoms with Crippen LogP contribution in [0.15, 0.2) is 35.6 Å². The lowest BCUT2D eigenvalue weighted by Crippen LogP contribution is -2.15. The largest absolute Gasteiger partial charge is 0.497 e. The lowest BCUT2D eigenvalue weighted by molar-refractivity contribution is 0.245. The van der Waals surface area contributed by atoms with Crippen molar-refractivity contribution in [1.82, 2.24) is 0 Å². The predicted octanol–water partition coefficient (Wildman–Crippen LogP) is 2.81. The van der Waals surface area contributed by atoms with Crippen molar-refractivity contribution in [3.05, 3.63) is 35.6 Å². The van der Waals surface area contributed by atoms with Crippen LogP contribution in [0.25, 0.3) is 0 Å². The first-order chi connectivity index (χ1) is 6.45. The zero-order valence-corrected chi connectivity index (χ0v) is 7.70. The molecule has 0 spiro atoms. The van der Waals surface area contributed by atoms with E-state index >= 15 is 0 Å². The van der Waals surface area contributed by atoms with Gasteiger partial charge in [-0.05, 0) is 24.8 Å². The third-order valence-electron chi connectivity index (χ3n) is 3.34. The molecule has 0 aromatic heterocycles. The van der Waals surface area contributed by atoms with Gasteiger partial charge in [0.1, 0.15) is 5.76 Å². The third kappa shape index (κ3) is 1.06. The normalized spacial score (nSPS) is 35.7. The zero-order chi connectivity index (χ0) is 8.67. The minimum Gasteiger partial charge on any atom is -0.497 e. The molecule has 0 aromatic rings. The molecule has 0 bridgehead atoms. The average molecular weight is 174 g/mol. The summed E-state index contributed by atoms with van der Waals surface area (Å²) in [6, 6.07) is 0. The minimum absolute atomic E-state index is 0.648. The van der Waals surface area contributed by atoms with E-state index in [2.05, 4.69) is 24.3 Å². The van der Waals surface area contributed by atoms with E-state index in [1.807, 2.05) is 0 Å². The number of ether oxygens (including phenoxy) is 1. The van der Waals surface area contributed by atoms with Gasteiger partial charge in [0.05, 0.1) is 6.61 Å². The van der Waals surface area contributed by atoms with Crippen LogP contribution in [0.1, 0.15) is 19.3 Å². The standard InChI is InChI=1S/C12H14O/c1-2-4-11-9(3-1)5-6-10-7-8-13-12(10)11/h1-4,9-10H,5-8H2. The molecule has 1 heteroatoms. The fourth-order valence-electron chi connectivity index (χ4n) is 2.64. The molecule has 1 nitrogen and oxygen atoms in total. The first-order valence-corrected chi connectivity index (χ1v) is 5.17. The van der Waals surface area contributed by atoms with E-state index in [1.165, 1.54) is 30.6 Å². The molecule has 0 aromatic carbocycles. The van der Waals surface area contributed by atoms with Crippen molar-refractivity contribution in [3.63, 3.8) is 0 Å². The Labute approximate surface area is 78.8 Å². The summed E-state index contributed by atoms with van der Waals surface area (Å²) in [5.74, 6) is 2.69. The maximum Gasteiger partial charge on any atom is 0.103 e. The monoisotopic (exact) mass is 174 g/mol. The van der Waals surface area contributed by atoms with Crippen LogP contribution in [-0.2, 0) is 4.74 Å². The van der Waals surface area contributed by atoms with Gasteiger partial charge in [-0.1, -0.05) is 24.3 Å². The van der Waals surface area contributed by atoms with Gasteiger partial charge in [-0.3, -0.25) is 0 Å². The molecule has 2 atom stereocenters. The average Bonchev–Trinajstić information content (AvgIpc) is 2.65. The third-order valence-corrected chi connectivity index (χ3v) is 3.34. The number of hydrogen-bond donors (Lipinski definition) is 0. The molecule has 2 aliphatic carbocycles. The smallest absolute Gasteiger partial charge is 0.103 e. The van der Waals surface area contributed by atoms with Gasteiger partial charge in [-0.15, -0.1) is 0 Å². The summed E-state index contributed by atoms with van der Waals surface area (Å²) in [5, 5.41) is 0. The number of allylic oxidation sites excluding steroid dienone is 6. The van der Waals surface area contributed by atoms with Crippen LogP contribution in [0.4, 0.5) is 0 Å². The molecular formula is C12H14O. The molecule has 0 N–H and O–H groups in total. The molecule has 0 saturated carbocycles. The number of hydrogen-bond acceptors (Lipinski definition) is 1. The van der Waals surface area contributed by atoms with Crippen molar-refractivity contribution in [3.8, 4) is 0 Å². The molecule has 1 fully saturated rings. The Balaban J connectivity index is 2.05. The Hall–Kier alpha value is -0.980. The van der Waals surface area contributed by atoms with E-state index < -0.39 is 0 Å². The van der Waals surface area contributed by atoms with Crippen LogP contribution in [-0.4, -0.2) is 6.61 Å². The minimum atomic E-state index is 0.648. The van der Waals surface area contributed by atoms with Crippen LogP contribution in [0, 0.1) is 11.8 Å². The van der Waals surface area contributed by atoms with E-state index in [4.69, 9.17) is 4.74 Å². The van der Waals surface area contributed by atoms with Crippen molar-refractivity contribution in [2.45, 2.75) is 19.3 Å². The van der Waals surface area contributed by atoms with Gasteiger partial charge in [-0.2, -0.15) is 0 Å². The Kier molecular flexibility index (Phi) is 1.58. The molecule has 3 aliphatic rings. The van der Waals surface area contributed by atoms with Crippen LogP contribution in [0.5, 0.6) is 0 Å². The highest BCUT2D eigenvalue weighted by atomic mass is 16.5. The molecule has 2 unspecified atom stereocenters. The van der Waals surface area contributed by atoms with Crippen LogP contribution < -0.4 is 0 Å². The highest BCUT2D eigenvalue weighted by molar-refractivity contribution is 5.38. The van der Waals surface area contributed by atoms with Gasteiger partial charge in [0.2, 0.25) is 0 Å². The fraction of sp³-hybridized carbons (Fsp3) is 0.500. The van der Waals surface area contributed by atoms with E-state index in [0.717, 1.165) is 12.5 Å². The summed E-state index contributed by atoms with van der Waals surface area (Å²) in [6.45, 7) is 0.938. The summed E-state index contributed by atoms with van der Waals surface area (Å²) in [4.78, 5) is 0. The van der Waals surface area contributed by atoms with Gasteiger partial charge in [0, 0.05) is 11.8 Å². The van der Waals surface area contributed by atoms with Gasteiger partial charge in [0.15, 0.2) is 0 Å². The maximum absolute atomic E-state index is 5.72. The van der Waals surface area contributed by atoms with E-state index in [1.54, 1.807) is 0 Å². The molecule has 1 heterocycles. The molecule has 68 valence electrons. The maximum atomic E-state index is 5.72. The highest BCUT2D eigenvalue weighted by Crippen LogP contribution is 2.42. The summed E-state index contributed by atoms with van der Waals surface area (Å²) >= 11 is 0. The lowest BCUT2D eigenvalue weighted by atomic mass is 9.79. The number of rotatable bonds is 0. The Morgan fingerprint density at radius 2 is 2.15 bits per heavy atom. The number of fused-ring (bicyclic) bond motifs is 2. The molecule has 0 radical (unpaired) electrons. The van der Waals surface area contributed by atoms with E-state index in [-0.39, 0.29) is 0 Å². The summed E-state index contributed by atoms with van der Waals surface area (Å²) < 4.78 is 5.72. The molecule has 13 heavy (non-hydrogen) atoms. The molecule has 1 aliphatic heterocycles. The lowest BCUT2D eigenvalue weighted by Gasteiger charge is -2.27. The first-order valence-electron chi connectivity index (χ1n) is 5.17. The van der Waals surface area contributed by atoms with E-state index in [9.17, 15) is 0 Å². The fourth-order valence-corrected chi connectivity index (χ4v) is 2.64. The quantitative estimate of drug-likeness (QED) is 0.548. The van der Waals surface area contributed by atoms with Gasteiger partial charge in [0.25, 0.3) is 0 Å². The highest BCUT2D eigenvalue weighted by Gasteiger charge is 2.32. The topological polar surface area (TPSA) is 9.23 Å². The van der Waals surface area contributed by atoms with Crippen molar-refractivity contribution in [1.29, 1.82) is 0 Å². The molecule has 3 rings (SSSR count). The van der Waals surface area contributed by atoms with Gasteiger partial charge < -0.3 is 4.74 Å². The van der Waals surface area contributed by atoms with Crippen molar-refractivity contribution >= 4 is 0 Å². The summed E-state index contributed by atoms with van der Waals surface area (Å²) in [7, 11) is 0. The van der Waals surface area contributed by atoms with Gasteiger partial charge >= 0.3 is 0 Å².